The summed E-state index contributed by atoms with van der Waals surface area (Å²) in [5, 5.41) is 10.8. The Hall–Kier alpha value is -2.16. The first-order chi connectivity index (χ1) is 12.0. The first-order valence-corrected chi connectivity index (χ1v) is 9.04. The normalized spacial score (nSPS) is 17.7. The van der Waals surface area contributed by atoms with Gasteiger partial charge in [-0.25, -0.2) is 0 Å². The molecular weight excluding hydrogens is 392 g/mol. The van der Waals surface area contributed by atoms with Crippen LogP contribution in [-0.2, 0) is 9.59 Å². The van der Waals surface area contributed by atoms with Gasteiger partial charge in [-0.2, -0.15) is 0 Å². The fourth-order valence-electron chi connectivity index (χ4n) is 3.21. The molecule has 2 aliphatic heterocycles. The number of nitrogens with zero attached hydrogens (tertiary/aromatic N) is 4. The first kappa shape index (κ1) is 17.7. The van der Waals surface area contributed by atoms with Crippen molar-refractivity contribution < 1.29 is 14.5 Å². The molecule has 3 rings (SSSR count). The van der Waals surface area contributed by atoms with Gasteiger partial charge >= 0.3 is 11.8 Å². The van der Waals surface area contributed by atoms with Gasteiger partial charge in [0.1, 0.15) is 0 Å². The van der Waals surface area contributed by atoms with E-state index in [2.05, 4.69) is 20.8 Å². The van der Waals surface area contributed by atoms with Gasteiger partial charge in [0.15, 0.2) is 0 Å². The largest absolute Gasteiger partial charge is 0.367 e. The fraction of sp³-hybridized carbons (Fsp3) is 0.500. The average molecular weight is 411 g/mol. The Labute approximate surface area is 153 Å². The summed E-state index contributed by atoms with van der Waals surface area (Å²) in [6, 6.07) is 4.65. The first-order valence-electron chi connectivity index (χ1n) is 8.24. The van der Waals surface area contributed by atoms with Gasteiger partial charge in [-0.15, -0.1) is 0 Å². The van der Waals surface area contributed by atoms with Crippen LogP contribution in [0.5, 0.6) is 0 Å². The van der Waals surface area contributed by atoms with Crippen molar-refractivity contribution in [2.45, 2.75) is 12.8 Å². The standard InChI is InChI=1S/C16H19BrN4O4/c17-13-11-12(21(24)25)3-4-14(13)18-7-9-20(10-8-18)16(23)15(22)19-5-1-2-6-19/h3-4,11H,1-2,5-10H2. The lowest BCUT2D eigenvalue weighted by molar-refractivity contribution is -0.384. The number of carbonyl (C=O) groups is 2. The molecule has 134 valence electrons. The molecule has 2 aliphatic rings. The number of non-ortho nitro benzene ring substituents is 1. The van der Waals surface area contributed by atoms with Crippen LogP contribution in [0.3, 0.4) is 0 Å². The van der Waals surface area contributed by atoms with Crippen molar-refractivity contribution in [1.29, 1.82) is 0 Å². The molecule has 2 fully saturated rings. The maximum absolute atomic E-state index is 12.3. The Bertz CT molecular complexity index is 697. The summed E-state index contributed by atoms with van der Waals surface area (Å²) in [7, 11) is 0. The Morgan fingerprint density at radius 2 is 1.52 bits per heavy atom. The second-order valence-corrected chi connectivity index (χ2v) is 7.03. The van der Waals surface area contributed by atoms with Crippen molar-refractivity contribution in [3.8, 4) is 0 Å². The van der Waals surface area contributed by atoms with Gasteiger partial charge in [0.25, 0.3) is 5.69 Å². The molecule has 2 saturated heterocycles. The molecule has 9 heteroatoms. The molecule has 0 aromatic heterocycles. The highest BCUT2D eigenvalue weighted by molar-refractivity contribution is 9.10. The lowest BCUT2D eigenvalue weighted by atomic mass is 10.2. The van der Waals surface area contributed by atoms with Crippen LogP contribution in [0.4, 0.5) is 11.4 Å². The number of anilines is 1. The van der Waals surface area contributed by atoms with Crippen molar-refractivity contribution in [3.05, 3.63) is 32.8 Å². The van der Waals surface area contributed by atoms with Gasteiger partial charge in [0, 0.05) is 55.9 Å². The zero-order valence-corrected chi connectivity index (χ0v) is 15.3. The number of benzene rings is 1. The smallest absolute Gasteiger partial charge is 0.312 e. The van der Waals surface area contributed by atoms with Gasteiger partial charge in [-0.1, -0.05) is 0 Å². The molecule has 2 amide bonds. The number of hydrogen-bond acceptors (Lipinski definition) is 5. The van der Waals surface area contributed by atoms with Gasteiger partial charge in [-0.3, -0.25) is 19.7 Å². The summed E-state index contributed by atoms with van der Waals surface area (Å²) in [4.78, 5) is 40.2. The average Bonchev–Trinajstić information content (AvgIpc) is 3.15. The Balaban J connectivity index is 1.61. The van der Waals surface area contributed by atoms with Crippen molar-refractivity contribution in [3.63, 3.8) is 0 Å². The van der Waals surface area contributed by atoms with Crippen LogP contribution in [0.1, 0.15) is 12.8 Å². The second kappa shape index (κ2) is 7.38. The van der Waals surface area contributed by atoms with Crippen LogP contribution in [0.15, 0.2) is 22.7 Å². The van der Waals surface area contributed by atoms with Crippen molar-refractivity contribution in [2.24, 2.45) is 0 Å². The second-order valence-electron chi connectivity index (χ2n) is 6.17. The van der Waals surface area contributed by atoms with E-state index >= 15 is 0 Å². The molecule has 0 unspecified atom stereocenters. The molecule has 0 aliphatic carbocycles. The van der Waals surface area contributed by atoms with Crippen LogP contribution in [0, 0.1) is 10.1 Å². The lowest BCUT2D eigenvalue weighted by Gasteiger charge is -2.36. The Kier molecular flexibility index (Phi) is 5.22. The summed E-state index contributed by atoms with van der Waals surface area (Å²) in [5.74, 6) is -0.827. The third kappa shape index (κ3) is 3.76. The minimum absolute atomic E-state index is 0.0284. The predicted molar refractivity (Wildman–Crippen MR) is 95.4 cm³/mol. The van der Waals surface area contributed by atoms with E-state index in [1.165, 1.54) is 12.1 Å². The summed E-state index contributed by atoms with van der Waals surface area (Å²) in [6.07, 6.45) is 1.92. The van der Waals surface area contributed by atoms with Crippen LogP contribution in [0.25, 0.3) is 0 Å². The van der Waals surface area contributed by atoms with Crippen LogP contribution in [-0.4, -0.2) is 65.8 Å². The zero-order chi connectivity index (χ0) is 18.0. The van der Waals surface area contributed by atoms with E-state index in [0.717, 1.165) is 18.5 Å². The van der Waals surface area contributed by atoms with Gasteiger partial charge in [0.2, 0.25) is 0 Å². The molecule has 8 nitrogen and oxygen atoms in total. The topological polar surface area (TPSA) is 87.0 Å². The lowest BCUT2D eigenvalue weighted by Crippen LogP contribution is -2.53. The van der Waals surface area contributed by atoms with Crippen molar-refractivity contribution in [1.82, 2.24) is 9.80 Å². The third-order valence-corrected chi connectivity index (χ3v) is 5.26. The van der Waals surface area contributed by atoms with Gasteiger partial charge in [0.05, 0.1) is 10.6 Å². The highest BCUT2D eigenvalue weighted by Crippen LogP contribution is 2.30. The number of hydrogen-bond donors (Lipinski definition) is 0. The monoisotopic (exact) mass is 410 g/mol. The summed E-state index contributed by atoms with van der Waals surface area (Å²) < 4.78 is 0.648. The number of rotatable bonds is 2. The number of carbonyl (C=O) groups excluding carboxylic acids is 2. The fourth-order valence-corrected chi connectivity index (χ4v) is 3.82. The van der Waals surface area contributed by atoms with E-state index in [1.54, 1.807) is 15.9 Å². The van der Waals surface area contributed by atoms with E-state index in [-0.39, 0.29) is 5.69 Å². The number of nitro benzene ring substituents is 1. The summed E-state index contributed by atoms with van der Waals surface area (Å²) in [6.45, 7) is 3.41. The maximum atomic E-state index is 12.3. The van der Waals surface area contributed by atoms with E-state index < -0.39 is 16.7 Å². The number of likely N-dealkylation sites (tertiary alicyclic amines) is 1. The van der Waals surface area contributed by atoms with Crippen molar-refractivity contribution in [2.75, 3.05) is 44.2 Å². The molecule has 0 N–H and O–H groups in total. The summed E-state index contributed by atoms with van der Waals surface area (Å²) in [5.41, 5.74) is 0.879. The maximum Gasteiger partial charge on any atom is 0.312 e. The molecular formula is C16H19BrN4O4. The molecule has 1 aromatic rings. The minimum atomic E-state index is -0.435. The quantitative estimate of drug-likeness (QED) is 0.420. The van der Waals surface area contributed by atoms with Gasteiger partial charge < -0.3 is 14.7 Å². The molecule has 0 bridgehead atoms. The van der Waals surface area contributed by atoms with Crippen LogP contribution < -0.4 is 4.90 Å². The van der Waals surface area contributed by atoms with Crippen LogP contribution >= 0.6 is 15.9 Å². The third-order valence-electron chi connectivity index (χ3n) is 4.63. The molecule has 2 heterocycles. The zero-order valence-electron chi connectivity index (χ0n) is 13.7. The van der Waals surface area contributed by atoms with Gasteiger partial charge in [-0.05, 0) is 34.8 Å². The molecule has 0 radical (unpaired) electrons. The molecule has 0 saturated carbocycles. The molecule has 0 spiro atoms. The number of nitro groups is 1. The Morgan fingerprint density at radius 1 is 0.960 bits per heavy atom. The van der Waals surface area contributed by atoms with E-state index in [0.29, 0.717) is 43.7 Å². The molecule has 0 atom stereocenters. The van der Waals surface area contributed by atoms with E-state index in [9.17, 15) is 19.7 Å². The summed E-state index contributed by atoms with van der Waals surface area (Å²) >= 11 is 3.38. The SMILES string of the molecule is O=C(C(=O)N1CCN(c2ccc([N+](=O)[O-])cc2Br)CC1)N1CCCC1. The number of piperazine rings is 1. The molecule has 1 aromatic carbocycles. The predicted octanol–water partition coefficient (Wildman–Crippen LogP) is 1.63. The van der Waals surface area contributed by atoms with E-state index in [1.807, 2.05) is 0 Å². The number of amides is 2. The molecule has 25 heavy (non-hydrogen) atoms. The highest BCUT2D eigenvalue weighted by atomic mass is 79.9. The van der Waals surface area contributed by atoms with E-state index in [4.69, 9.17) is 0 Å². The van der Waals surface area contributed by atoms with Crippen LogP contribution in [0.2, 0.25) is 0 Å². The minimum Gasteiger partial charge on any atom is -0.367 e. The van der Waals surface area contributed by atoms with Crippen molar-refractivity contribution >= 4 is 39.1 Å². The number of halogens is 1. The Morgan fingerprint density at radius 3 is 2.04 bits per heavy atom. The highest BCUT2D eigenvalue weighted by Gasteiger charge is 2.31.